The highest BCUT2D eigenvalue weighted by atomic mass is 16.5. The highest BCUT2D eigenvalue weighted by Crippen LogP contribution is 2.34. The van der Waals surface area contributed by atoms with Crippen LogP contribution < -0.4 is 15.2 Å². The van der Waals surface area contributed by atoms with Gasteiger partial charge < -0.3 is 24.9 Å². The lowest BCUT2D eigenvalue weighted by molar-refractivity contribution is -0.140. The summed E-state index contributed by atoms with van der Waals surface area (Å²) in [6.45, 7) is 3.35. The van der Waals surface area contributed by atoms with E-state index in [0.717, 1.165) is 0 Å². The number of carboxylic acids is 1. The summed E-state index contributed by atoms with van der Waals surface area (Å²) in [5, 5.41) is 9.30. The van der Waals surface area contributed by atoms with E-state index in [-0.39, 0.29) is 0 Å². The lowest BCUT2D eigenvalue weighted by Crippen LogP contribution is -2.21. The van der Waals surface area contributed by atoms with Crippen molar-refractivity contribution in [2.24, 2.45) is 5.73 Å². The van der Waals surface area contributed by atoms with Crippen LogP contribution in [0.1, 0.15) is 31.8 Å². The average Bonchev–Trinajstić information content (AvgIpc) is 2.82. The molecule has 1 heterocycles. The van der Waals surface area contributed by atoms with Crippen molar-refractivity contribution >= 4 is 17.0 Å². The van der Waals surface area contributed by atoms with Crippen LogP contribution in [0.3, 0.4) is 0 Å². The maximum Gasteiger partial charge on any atom is 0.326 e. The minimum Gasteiger partial charge on any atom is -0.493 e. The predicted molar refractivity (Wildman–Crippen MR) is 77.8 cm³/mol. The van der Waals surface area contributed by atoms with Crippen LogP contribution in [-0.4, -0.2) is 34.8 Å². The monoisotopic (exact) mass is 293 g/mol. The lowest BCUT2D eigenvalue weighted by atomic mass is 10.2. The molecule has 114 valence electrons. The van der Waals surface area contributed by atoms with Crippen LogP contribution in [0.5, 0.6) is 11.5 Å². The van der Waals surface area contributed by atoms with E-state index < -0.39 is 18.1 Å². The minimum atomic E-state index is -0.953. The van der Waals surface area contributed by atoms with Crippen LogP contribution >= 0.6 is 0 Å². The largest absolute Gasteiger partial charge is 0.493 e. The van der Waals surface area contributed by atoms with Gasteiger partial charge in [-0.2, -0.15) is 0 Å². The topological polar surface area (TPSA) is 99.6 Å². The third-order valence-electron chi connectivity index (χ3n) is 3.37. The molecule has 2 atom stereocenters. The number of methoxy groups -OCH3 is 2. The van der Waals surface area contributed by atoms with E-state index in [0.29, 0.717) is 28.4 Å². The number of aliphatic carboxylic acids is 1. The highest BCUT2D eigenvalue weighted by molar-refractivity contribution is 5.83. The first-order chi connectivity index (χ1) is 9.90. The normalized spacial score (nSPS) is 14.0. The Hall–Kier alpha value is -2.28. The number of nitrogens with two attached hydrogens (primary N) is 1. The van der Waals surface area contributed by atoms with Crippen molar-refractivity contribution in [2.45, 2.75) is 25.9 Å². The van der Waals surface area contributed by atoms with Gasteiger partial charge in [0.1, 0.15) is 11.9 Å². The molecule has 0 aliphatic rings. The van der Waals surface area contributed by atoms with Gasteiger partial charge in [0, 0.05) is 12.1 Å². The van der Waals surface area contributed by atoms with Crippen molar-refractivity contribution in [1.82, 2.24) is 9.55 Å². The van der Waals surface area contributed by atoms with Gasteiger partial charge in [-0.25, -0.2) is 9.78 Å². The molecule has 0 radical (unpaired) electrons. The first-order valence-corrected chi connectivity index (χ1v) is 6.53. The average molecular weight is 293 g/mol. The number of benzene rings is 1. The molecule has 1 aromatic carbocycles. The van der Waals surface area contributed by atoms with E-state index in [1.165, 1.54) is 14.2 Å². The summed E-state index contributed by atoms with van der Waals surface area (Å²) in [6, 6.07) is 2.25. The molecule has 0 aliphatic carbocycles. The summed E-state index contributed by atoms with van der Waals surface area (Å²) in [4.78, 5) is 15.8. The van der Waals surface area contributed by atoms with Gasteiger partial charge in [-0.05, 0) is 13.8 Å². The fraction of sp³-hybridized carbons (Fsp3) is 0.429. The van der Waals surface area contributed by atoms with Crippen LogP contribution in [0.2, 0.25) is 0 Å². The van der Waals surface area contributed by atoms with E-state index in [2.05, 4.69) is 4.98 Å². The number of imidazole rings is 1. The molecule has 1 aromatic heterocycles. The number of carboxylic acid groups (broad SMARTS) is 1. The van der Waals surface area contributed by atoms with Crippen LogP contribution in [0.4, 0.5) is 0 Å². The Morgan fingerprint density at radius 1 is 1.29 bits per heavy atom. The number of rotatable bonds is 5. The Morgan fingerprint density at radius 3 is 2.33 bits per heavy atom. The highest BCUT2D eigenvalue weighted by Gasteiger charge is 2.24. The van der Waals surface area contributed by atoms with Gasteiger partial charge in [0.15, 0.2) is 11.5 Å². The summed E-state index contributed by atoms with van der Waals surface area (Å²) >= 11 is 0. The Morgan fingerprint density at radius 2 is 1.86 bits per heavy atom. The third-order valence-corrected chi connectivity index (χ3v) is 3.37. The van der Waals surface area contributed by atoms with Crippen molar-refractivity contribution in [3.05, 3.63) is 18.0 Å². The number of aromatic nitrogens is 2. The van der Waals surface area contributed by atoms with Gasteiger partial charge in [-0.1, -0.05) is 0 Å². The molecular formula is C14H19N3O4. The van der Waals surface area contributed by atoms with Crippen LogP contribution in [0.25, 0.3) is 11.0 Å². The molecule has 0 amide bonds. The SMILES string of the molecule is COc1cc2nc(C(C)N)n(C(C)C(=O)O)c2cc1OC. The van der Waals surface area contributed by atoms with E-state index in [4.69, 9.17) is 15.2 Å². The van der Waals surface area contributed by atoms with Crippen LogP contribution in [-0.2, 0) is 4.79 Å². The number of fused-ring (bicyclic) bond motifs is 1. The second-order valence-electron chi connectivity index (χ2n) is 4.84. The van der Waals surface area contributed by atoms with Crippen molar-refractivity contribution in [1.29, 1.82) is 0 Å². The third kappa shape index (κ3) is 2.52. The Balaban J connectivity index is 2.79. The van der Waals surface area contributed by atoms with Crippen molar-refractivity contribution in [3.63, 3.8) is 0 Å². The molecule has 0 saturated heterocycles. The smallest absolute Gasteiger partial charge is 0.326 e. The standard InChI is InChI=1S/C14H19N3O4/c1-7(15)13-16-9-5-11(20-3)12(21-4)6-10(9)17(13)8(2)14(18)19/h5-8H,15H2,1-4H3,(H,18,19). The van der Waals surface area contributed by atoms with Crippen molar-refractivity contribution in [3.8, 4) is 11.5 Å². The minimum absolute atomic E-state index is 0.392. The molecule has 7 nitrogen and oxygen atoms in total. The summed E-state index contributed by atoms with van der Waals surface area (Å²) in [7, 11) is 3.06. The van der Waals surface area contributed by atoms with Gasteiger partial charge in [-0.15, -0.1) is 0 Å². The van der Waals surface area contributed by atoms with E-state index in [9.17, 15) is 9.90 Å². The Bertz CT molecular complexity index is 678. The summed E-state index contributed by atoms with van der Waals surface area (Å²) in [6.07, 6.45) is 0. The summed E-state index contributed by atoms with van der Waals surface area (Å²) < 4.78 is 12.1. The molecule has 3 N–H and O–H groups in total. The lowest BCUT2D eigenvalue weighted by Gasteiger charge is -2.16. The fourth-order valence-electron chi connectivity index (χ4n) is 2.28. The molecule has 2 rings (SSSR count). The number of nitrogens with zero attached hydrogens (tertiary/aromatic N) is 2. The molecule has 0 fully saturated rings. The van der Waals surface area contributed by atoms with E-state index in [1.807, 2.05) is 0 Å². The van der Waals surface area contributed by atoms with Gasteiger partial charge in [-0.3, -0.25) is 0 Å². The molecular weight excluding hydrogens is 274 g/mol. The van der Waals surface area contributed by atoms with Crippen molar-refractivity contribution in [2.75, 3.05) is 14.2 Å². The molecule has 0 spiro atoms. The number of hydrogen-bond acceptors (Lipinski definition) is 5. The van der Waals surface area contributed by atoms with E-state index in [1.54, 1.807) is 30.5 Å². The van der Waals surface area contributed by atoms with Gasteiger partial charge in [0.2, 0.25) is 0 Å². The number of hydrogen-bond donors (Lipinski definition) is 2. The molecule has 0 bridgehead atoms. The molecule has 0 saturated carbocycles. The molecule has 2 unspecified atom stereocenters. The maximum absolute atomic E-state index is 11.3. The molecule has 2 aromatic rings. The van der Waals surface area contributed by atoms with Gasteiger partial charge in [0.05, 0.1) is 31.3 Å². The van der Waals surface area contributed by atoms with Crippen LogP contribution in [0, 0.1) is 0 Å². The molecule has 21 heavy (non-hydrogen) atoms. The molecule has 7 heteroatoms. The van der Waals surface area contributed by atoms with Crippen LogP contribution in [0.15, 0.2) is 12.1 Å². The Kier molecular flexibility index (Phi) is 4.04. The quantitative estimate of drug-likeness (QED) is 0.870. The van der Waals surface area contributed by atoms with Gasteiger partial charge >= 0.3 is 5.97 Å². The second-order valence-corrected chi connectivity index (χ2v) is 4.84. The first kappa shape index (κ1) is 15.1. The zero-order chi connectivity index (χ0) is 15.7. The maximum atomic E-state index is 11.3. The second kappa shape index (κ2) is 5.61. The first-order valence-electron chi connectivity index (χ1n) is 6.53. The van der Waals surface area contributed by atoms with E-state index >= 15 is 0 Å². The Labute approximate surface area is 122 Å². The fourth-order valence-corrected chi connectivity index (χ4v) is 2.28. The summed E-state index contributed by atoms with van der Waals surface area (Å²) in [5.41, 5.74) is 7.19. The number of carbonyl (C=O) groups is 1. The van der Waals surface area contributed by atoms with Gasteiger partial charge in [0.25, 0.3) is 0 Å². The predicted octanol–water partition coefficient (Wildman–Crippen LogP) is 1.72. The zero-order valence-corrected chi connectivity index (χ0v) is 12.5. The number of ether oxygens (including phenoxy) is 2. The van der Waals surface area contributed by atoms with Crippen molar-refractivity contribution < 1.29 is 19.4 Å². The summed E-state index contributed by atoms with van der Waals surface area (Å²) in [5.74, 6) is 0.606. The zero-order valence-electron chi connectivity index (χ0n) is 12.5. The molecule has 0 aliphatic heterocycles.